The quantitative estimate of drug-likeness (QED) is 0.290. The molecule has 5 rings (SSSR count). The van der Waals surface area contributed by atoms with Crippen LogP contribution in [0.25, 0.3) is 0 Å². The summed E-state index contributed by atoms with van der Waals surface area (Å²) in [5.74, 6) is -0.446. The first-order valence-electron chi connectivity index (χ1n) is 16.3. The number of carbonyl (C=O) groups excluding carboxylic acids is 1. The van der Waals surface area contributed by atoms with Crippen LogP contribution in [0.3, 0.4) is 0 Å². The highest BCUT2D eigenvalue weighted by molar-refractivity contribution is 5.79. The fourth-order valence-corrected chi connectivity index (χ4v) is 7.79. The van der Waals surface area contributed by atoms with Crippen molar-refractivity contribution in [3.63, 3.8) is 0 Å². The van der Waals surface area contributed by atoms with Crippen molar-refractivity contribution < 1.29 is 31.1 Å². The molecule has 0 bridgehead atoms. The number of amides is 1. The Balaban J connectivity index is 1.33. The summed E-state index contributed by atoms with van der Waals surface area (Å²) in [6.07, 6.45) is -1.47. The number of hydrogen-bond donors (Lipinski definition) is 0. The van der Waals surface area contributed by atoms with E-state index in [1.54, 1.807) is 4.90 Å². The molecule has 2 aromatic rings. The van der Waals surface area contributed by atoms with Crippen LogP contribution < -0.4 is 0 Å². The van der Waals surface area contributed by atoms with Gasteiger partial charge in [0.05, 0.1) is 17.5 Å². The van der Waals surface area contributed by atoms with Gasteiger partial charge >= 0.3 is 12.4 Å². The van der Waals surface area contributed by atoms with Gasteiger partial charge in [-0.2, -0.15) is 26.3 Å². The van der Waals surface area contributed by atoms with Gasteiger partial charge in [0.15, 0.2) is 0 Å². The zero-order chi connectivity index (χ0) is 32.4. The van der Waals surface area contributed by atoms with Crippen molar-refractivity contribution in [1.29, 1.82) is 0 Å². The van der Waals surface area contributed by atoms with Crippen molar-refractivity contribution in [3.05, 3.63) is 69.8 Å². The number of rotatable bonds is 7. The lowest BCUT2D eigenvalue weighted by Gasteiger charge is -2.46. The number of halogens is 6. The Labute approximate surface area is 262 Å². The first-order chi connectivity index (χ1) is 21.2. The van der Waals surface area contributed by atoms with Crippen LogP contribution in [0.15, 0.2) is 36.4 Å². The lowest BCUT2D eigenvalue weighted by Crippen LogP contribution is -2.53. The summed E-state index contributed by atoms with van der Waals surface area (Å²) >= 11 is 0. The molecule has 1 atom stereocenters. The van der Waals surface area contributed by atoms with Crippen LogP contribution >= 0.6 is 0 Å². The lowest BCUT2D eigenvalue weighted by molar-refractivity contribution is -0.143. The summed E-state index contributed by atoms with van der Waals surface area (Å²) in [5.41, 5.74) is 0.00218. The molecule has 4 nitrogen and oxygen atoms in total. The molecule has 3 fully saturated rings. The molecule has 3 aliphatic rings. The van der Waals surface area contributed by atoms with E-state index in [9.17, 15) is 31.1 Å². The van der Waals surface area contributed by atoms with Gasteiger partial charge in [-0.05, 0) is 87.4 Å². The van der Waals surface area contributed by atoms with Gasteiger partial charge in [0.25, 0.3) is 0 Å². The lowest BCUT2D eigenvalue weighted by atomic mass is 9.69. The van der Waals surface area contributed by atoms with Gasteiger partial charge in [-0.1, -0.05) is 43.0 Å². The van der Waals surface area contributed by atoms with E-state index in [1.165, 1.54) is 37.7 Å². The number of piperidine rings is 1. The van der Waals surface area contributed by atoms with Crippen LogP contribution in [0.4, 0.5) is 26.3 Å². The summed E-state index contributed by atoms with van der Waals surface area (Å²) in [6.45, 7) is 9.92. The van der Waals surface area contributed by atoms with E-state index >= 15 is 0 Å². The fraction of sp³-hybridized carbons (Fsp3) is 0.629. The molecule has 2 saturated heterocycles. The molecule has 1 aliphatic carbocycles. The normalized spacial score (nSPS) is 23.0. The summed E-state index contributed by atoms with van der Waals surface area (Å²) < 4.78 is 80.8. The molecule has 0 N–H and O–H groups in total. The monoisotopic (exact) mass is 637 g/mol. The first-order valence-corrected chi connectivity index (χ1v) is 16.3. The molecule has 1 amide bonds. The van der Waals surface area contributed by atoms with Crippen LogP contribution in [0.5, 0.6) is 0 Å². The smallest absolute Gasteiger partial charge is 0.342 e. The Morgan fingerprint density at radius 3 is 2.09 bits per heavy atom. The van der Waals surface area contributed by atoms with E-state index in [2.05, 4.69) is 34.9 Å². The summed E-state index contributed by atoms with van der Waals surface area (Å²) in [5, 5.41) is 0. The number of benzene rings is 2. The molecule has 45 heavy (non-hydrogen) atoms. The highest BCUT2D eigenvalue weighted by atomic mass is 19.4. The van der Waals surface area contributed by atoms with Crippen molar-refractivity contribution in [2.45, 2.75) is 95.4 Å². The minimum atomic E-state index is -4.95. The topological polar surface area (TPSA) is 26.8 Å². The van der Waals surface area contributed by atoms with E-state index in [0.29, 0.717) is 37.7 Å². The highest BCUT2D eigenvalue weighted by Gasteiger charge is 2.41. The second-order valence-electron chi connectivity index (χ2n) is 13.5. The Morgan fingerprint density at radius 2 is 1.47 bits per heavy atom. The van der Waals surface area contributed by atoms with Gasteiger partial charge in [0.2, 0.25) is 5.91 Å². The standard InChI is InChI=1S/C35H45F6N3O/c1-25-9-10-26(2)31(19-25)33(12-14-42-15-17-43(18-16-42)30-7-4-3-5-8-30)11-6-13-44(24-33)32(45)22-27-20-28(34(36,37)38)23-29(21-27)35(39,40)41/h9-10,19-21,23,30H,3-8,11-18,22,24H2,1-2H3/t33-/m1/s1. The third kappa shape index (κ3) is 8.23. The van der Waals surface area contributed by atoms with E-state index in [-0.39, 0.29) is 17.0 Å². The molecule has 2 heterocycles. The van der Waals surface area contributed by atoms with Crippen molar-refractivity contribution in [2.24, 2.45) is 0 Å². The SMILES string of the molecule is Cc1ccc(C)c([C@@]2(CCN3CCN(C4CCCCC4)CC3)CCCN(C(=O)Cc3cc(C(F)(F)F)cc(C(F)(F)F)c3)C2)c1. The highest BCUT2D eigenvalue weighted by Crippen LogP contribution is 2.41. The predicted octanol–water partition coefficient (Wildman–Crippen LogP) is 7.78. The molecule has 2 aliphatic heterocycles. The second-order valence-corrected chi connectivity index (χ2v) is 13.5. The molecule has 0 unspecified atom stereocenters. The summed E-state index contributed by atoms with van der Waals surface area (Å²) in [7, 11) is 0. The molecular weight excluding hydrogens is 592 g/mol. The number of alkyl halides is 6. The predicted molar refractivity (Wildman–Crippen MR) is 163 cm³/mol. The number of hydrogen-bond acceptors (Lipinski definition) is 3. The second kappa shape index (κ2) is 13.6. The maximum absolute atomic E-state index is 13.6. The van der Waals surface area contributed by atoms with Crippen LogP contribution in [0.2, 0.25) is 0 Å². The largest absolute Gasteiger partial charge is 0.416 e. The minimum absolute atomic E-state index is 0.107. The number of nitrogens with zero attached hydrogens (tertiary/aromatic N) is 3. The maximum Gasteiger partial charge on any atom is 0.416 e. The van der Waals surface area contributed by atoms with Crippen molar-refractivity contribution >= 4 is 5.91 Å². The molecular formula is C35H45F6N3O. The Bertz CT molecular complexity index is 1300. The van der Waals surface area contributed by atoms with Gasteiger partial charge in [-0.25, -0.2) is 0 Å². The number of aryl methyl sites for hydroxylation is 2. The van der Waals surface area contributed by atoms with Crippen molar-refractivity contribution in [2.75, 3.05) is 45.8 Å². The van der Waals surface area contributed by atoms with Gasteiger partial charge in [0.1, 0.15) is 0 Å². The first kappa shape index (κ1) is 33.8. The minimum Gasteiger partial charge on any atom is -0.342 e. The number of piperazine rings is 1. The fourth-order valence-electron chi connectivity index (χ4n) is 7.79. The maximum atomic E-state index is 13.6. The van der Waals surface area contributed by atoms with Gasteiger partial charge < -0.3 is 9.80 Å². The molecule has 248 valence electrons. The van der Waals surface area contributed by atoms with E-state index < -0.39 is 35.8 Å². The van der Waals surface area contributed by atoms with Crippen LogP contribution in [0, 0.1) is 13.8 Å². The third-order valence-corrected chi connectivity index (χ3v) is 10.3. The Morgan fingerprint density at radius 1 is 0.822 bits per heavy atom. The zero-order valence-corrected chi connectivity index (χ0v) is 26.4. The zero-order valence-electron chi connectivity index (χ0n) is 26.4. The molecule has 0 spiro atoms. The van der Waals surface area contributed by atoms with E-state index in [1.807, 2.05) is 6.92 Å². The Hall–Kier alpha value is -2.59. The van der Waals surface area contributed by atoms with Crippen LogP contribution in [-0.2, 0) is 29.0 Å². The number of likely N-dealkylation sites (tertiary alicyclic amines) is 1. The van der Waals surface area contributed by atoms with Crippen LogP contribution in [-0.4, -0.2) is 72.5 Å². The van der Waals surface area contributed by atoms with Gasteiger partial charge in [-0.15, -0.1) is 0 Å². The van der Waals surface area contributed by atoms with Crippen molar-refractivity contribution in [3.8, 4) is 0 Å². The molecule has 0 aromatic heterocycles. The Kier molecular flexibility index (Phi) is 10.2. The number of carbonyl (C=O) groups is 1. The molecule has 2 aromatic carbocycles. The average Bonchev–Trinajstić information content (AvgIpc) is 3.01. The van der Waals surface area contributed by atoms with E-state index in [4.69, 9.17) is 0 Å². The molecule has 10 heteroatoms. The summed E-state index contributed by atoms with van der Waals surface area (Å²) in [6, 6.07) is 8.49. The molecule has 0 radical (unpaired) electrons. The average molecular weight is 638 g/mol. The summed E-state index contributed by atoms with van der Waals surface area (Å²) in [4.78, 5) is 20.4. The molecule has 1 saturated carbocycles. The van der Waals surface area contributed by atoms with Gasteiger partial charge in [-0.3, -0.25) is 9.69 Å². The van der Waals surface area contributed by atoms with Crippen LogP contribution in [0.1, 0.15) is 84.7 Å². The van der Waals surface area contributed by atoms with Gasteiger partial charge in [0, 0.05) is 50.7 Å². The third-order valence-electron chi connectivity index (χ3n) is 10.3. The van der Waals surface area contributed by atoms with Crippen molar-refractivity contribution in [1.82, 2.24) is 14.7 Å². The van der Waals surface area contributed by atoms with E-state index in [0.717, 1.165) is 56.7 Å².